The first-order chi connectivity index (χ1) is 6.00. The molecule has 2 aliphatic rings. The van der Waals surface area contributed by atoms with Crippen molar-refractivity contribution in [3.8, 4) is 0 Å². The molecule has 0 heterocycles. The molecule has 2 saturated carbocycles. The Morgan fingerprint density at radius 1 is 1.54 bits per heavy atom. The lowest BCUT2D eigenvalue weighted by molar-refractivity contribution is 0.249. The van der Waals surface area contributed by atoms with Gasteiger partial charge in [0.2, 0.25) is 0 Å². The summed E-state index contributed by atoms with van der Waals surface area (Å²) in [7, 11) is 0. The Hall–Kier alpha value is -0.110. The van der Waals surface area contributed by atoms with Crippen LogP contribution >= 0.6 is 0 Å². The maximum absolute atomic E-state index is 13.6. The molecule has 3 atom stereocenters. The average Bonchev–Trinajstić information content (AvgIpc) is 2.95. The van der Waals surface area contributed by atoms with E-state index in [4.69, 9.17) is 5.73 Å². The number of hydrogen-bond acceptors (Lipinski definition) is 1. The minimum atomic E-state index is -0.820. The molecule has 0 aromatic carbocycles. The van der Waals surface area contributed by atoms with Crippen molar-refractivity contribution < 1.29 is 4.39 Å². The molecule has 0 amide bonds. The number of halogens is 1. The summed E-state index contributed by atoms with van der Waals surface area (Å²) in [6.07, 6.45) is 4.76. The minimum absolute atomic E-state index is 0.0806. The Kier molecular flexibility index (Phi) is 1.96. The molecule has 2 heteroatoms. The van der Waals surface area contributed by atoms with Crippen LogP contribution in [0.25, 0.3) is 0 Å². The maximum atomic E-state index is 13.6. The van der Waals surface area contributed by atoms with E-state index in [9.17, 15) is 4.39 Å². The molecule has 1 nitrogen and oxygen atoms in total. The number of nitrogens with two attached hydrogens (primary N) is 1. The van der Waals surface area contributed by atoms with Crippen LogP contribution in [0.5, 0.6) is 0 Å². The smallest absolute Gasteiger partial charge is 0.114 e. The van der Waals surface area contributed by atoms with Gasteiger partial charge in [-0.25, -0.2) is 4.39 Å². The van der Waals surface area contributed by atoms with Gasteiger partial charge >= 0.3 is 0 Å². The van der Waals surface area contributed by atoms with Gasteiger partial charge in [0.15, 0.2) is 0 Å². The largest absolute Gasteiger partial charge is 0.325 e. The highest BCUT2D eigenvalue weighted by Gasteiger charge is 2.56. The summed E-state index contributed by atoms with van der Waals surface area (Å²) in [5.74, 6) is 0.829. The van der Waals surface area contributed by atoms with Gasteiger partial charge < -0.3 is 5.73 Å². The van der Waals surface area contributed by atoms with Crippen LogP contribution in [0.4, 0.5) is 4.39 Å². The molecule has 13 heavy (non-hydrogen) atoms. The first-order valence-electron chi connectivity index (χ1n) is 5.48. The van der Waals surface area contributed by atoms with Crippen molar-refractivity contribution in [2.45, 2.75) is 57.2 Å². The van der Waals surface area contributed by atoms with E-state index in [-0.39, 0.29) is 5.54 Å². The third kappa shape index (κ3) is 1.61. The molecular weight excluding hydrogens is 165 g/mol. The van der Waals surface area contributed by atoms with Crippen LogP contribution < -0.4 is 5.73 Å². The summed E-state index contributed by atoms with van der Waals surface area (Å²) in [6.45, 7) is 4.13. The zero-order valence-electron chi connectivity index (χ0n) is 8.65. The van der Waals surface area contributed by atoms with Crippen LogP contribution in [-0.4, -0.2) is 11.2 Å². The molecule has 2 N–H and O–H groups in total. The van der Waals surface area contributed by atoms with Crippen LogP contribution in [0.3, 0.4) is 0 Å². The summed E-state index contributed by atoms with van der Waals surface area (Å²) in [5.41, 5.74) is 5.33. The lowest BCUT2D eigenvalue weighted by atomic mass is 9.93. The normalized spacial score (nSPS) is 42.9. The topological polar surface area (TPSA) is 26.0 Å². The van der Waals surface area contributed by atoms with Crippen LogP contribution in [0.1, 0.15) is 46.0 Å². The first-order valence-corrected chi connectivity index (χ1v) is 5.48. The second-order valence-electron chi connectivity index (χ2n) is 5.16. The molecule has 0 aromatic heterocycles. The van der Waals surface area contributed by atoms with Gasteiger partial charge in [-0.3, -0.25) is 0 Å². The summed E-state index contributed by atoms with van der Waals surface area (Å²) in [4.78, 5) is 0. The molecule has 0 radical (unpaired) electrons. The van der Waals surface area contributed by atoms with Gasteiger partial charge in [-0.2, -0.15) is 0 Å². The highest BCUT2D eigenvalue weighted by Crippen LogP contribution is 2.55. The van der Waals surface area contributed by atoms with E-state index >= 15 is 0 Å². The van der Waals surface area contributed by atoms with Gasteiger partial charge in [-0.05, 0) is 43.9 Å². The van der Waals surface area contributed by atoms with Crippen LogP contribution in [0, 0.1) is 11.8 Å². The summed E-state index contributed by atoms with van der Waals surface area (Å²) in [5, 5.41) is 0. The van der Waals surface area contributed by atoms with Crippen molar-refractivity contribution >= 4 is 0 Å². The van der Waals surface area contributed by atoms with E-state index in [0.717, 1.165) is 25.7 Å². The zero-order valence-corrected chi connectivity index (χ0v) is 8.65. The minimum Gasteiger partial charge on any atom is -0.325 e. The van der Waals surface area contributed by atoms with Gasteiger partial charge in [0, 0.05) is 5.54 Å². The van der Waals surface area contributed by atoms with E-state index in [2.05, 4.69) is 6.92 Å². The lowest BCUT2D eigenvalue weighted by Gasteiger charge is -2.18. The number of alkyl halides is 1. The van der Waals surface area contributed by atoms with Gasteiger partial charge in [0.1, 0.15) is 5.67 Å². The molecule has 76 valence electrons. The third-order valence-corrected chi connectivity index (χ3v) is 4.19. The second kappa shape index (κ2) is 2.69. The predicted octanol–water partition coefficient (Wildman–Crippen LogP) is 2.64. The third-order valence-electron chi connectivity index (χ3n) is 4.19. The maximum Gasteiger partial charge on any atom is 0.114 e. The Morgan fingerprint density at radius 3 is 2.54 bits per heavy atom. The summed E-state index contributed by atoms with van der Waals surface area (Å²) >= 11 is 0. The van der Waals surface area contributed by atoms with Crippen molar-refractivity contribution in [2.24, 2.45) is 17.6 Å². The number of rotatable bonds is 4. The first kappa shape index (κ1) is 9.45. The zero-order chi connectivity index (χ0) is 9.69. The SMILES string of the molecule is CCC1(F)CC1CC(C)C1(N)CC1. The second-order valence-corrected chi connectivity index (χ2v) is 5.16. The summed E-state index contributed by atoms with van der Waals surface area (Å²) < 4.78 is 13.6. The van der Waals surface area contributed by atoms with Crippen LogP contribution in [-0.2, 0) is 0 Å². The van der Waals surface area contributed by atoms with E-state index < -0.39 is 5.67 Å². The number of hydrogen-bond donors (Lipinski definition) is 1. The quantitative estimate of drug-likeness (QED) is 0.716. The van der Waals surface area contributed by atoms with Crippen molar-refractivity contribution in [1.82, 2.24) is 0 Å². The summed E-state index contributed by atoms with van der Waals surface area (Å²) in [6, 6.07) is 0. The monoisotopic (exact) mass is 185 g/mol. The molecule has 2 rings (SSSR count). The van der Waals surface area contributed by atoms with Crippen molar-refractivity contribution in [2.75, 3.05) is 0 Å². The average molecular weight is 185 g/mol. The Labute approximate surface area is 79.9 Å². The van der Waals surface area contributed by atoms with Crippen LogP contribution in [0.15, 0.2) is 0 Å². The Bertz CT molecular complexity index is 212. The highest BCUT2D eigenvalue weighted by atomic mass is 19.1. The molecule has 0 saturated heterocycles. The molecule has 3 unspecified atom stereocenters. The fourth-order valence-corrected chi connectivity index (χ4v) is 2.38. The van der Waals surface area contributed by atoms with Gasteiger partial charge in [0.05, 0.1) is 0 Å². The van der Waals surface area contributed by atoms with Gasteiger partial charge in [-0.15, -0.1) is 0 Å². The molecule has 2 fully saturated rings. The van der Waals surface area contributed by atoms with E-state index in [1.807, 2.05) is 6.92 Å². The standard InChI is InChI=1S/C11H20FN/c1-3-10(12)7-9(10)6-8(2)11(13)4-5-11/h8-9H,3-7,13H2,1-2H3. The molecule has 0 aliphatic heterocycles. The Morgan fingerprint density at radius 2 is 2.15 bits per heavy atom. The van der Waals surface area contributed by atoms with Crippen molar-refractivity contribution in [1.29, 1.82) is 0 Å². The van der Waals surface area contributed by atoms with E-state index in [1.165, 1.54) is 0 Å². The van der Waals surface area contributed by atoms with Crippen LogP contribution in [0.2, 0.25) is 0 Å². The fraction of sp³-hybridized carbons (Fsp3) is 1.00. The van der Waals surface area contributed by atoms with Crippen molar-refractivity contribution in [3.63, 3.8) is 0 Å². The predicted molar refractivity (Wildman–Crippen MR) is 52.2 cm³/mol. The lowest BCUT2D eigenvalue weighted by Crippen LogP contribution is -2.31. The highest BCUT2D eigenvalue weighted by molar-refractivity contribution is 5.08. The van der Waals surface area contributed by atoms with Gasteiger partial charge in [-0.1, -0.05) is 13.8 Å². The molecule has 0 spiro atoms. The molecule has 0 aromatic rings. The molecule has 2 aliphatic carbocycles. The fourth-order valence-electron chi connectivity index (χ4n) is 2.38. The Balaban J connectivity index is 1.80. The molecule has 0 bridgehead atoms. The van der Waals surface area contributed by atoms with E-state index in [0.29, 0.717) is 18.3 Å². The van der Waals surface area contributed by atoms with Gasteiger partial charge in [0.25, 0.3) is 0 Å². The van der Waals surface area contributed by atoms with E-state index in [1.54, 1.807) is 0 Å². The van der Waals surface area contributed by atoms with Crippen molar-refractivity contribution in [3.05, 3.63) is 0 Å². The molecular formula is C11H20FN.